The number of hydrazone groups is 1. The lowest BCUT2D eigenvalue weighted by Crippen LogP contribution is -2.19. The maximum atomic E-state index is 12.6. The fourth-order valence-corrected chi connectivity index (χ4v) is 3.15. The zero-order chi connectivity index (χ0) is 19.0. The Morgan fingerprint density at radius 2 is 2.00 bits per heavy atom. The number of para-hydroxylation sites is 2. The number of rotatable bonds is 4. The van der Waals surface area contributed by atoms with Gasteiger partial charge in [0.2, 0.25) is 0 Å². The van der Waals surface area contributed by atoms with Gasteiger partial charge in [-0.15, -0.1) is 0 Å². The summed E-state index contributed by atoms with van der Waals surface area (Å²) in [4.78, 5) is 12.6. The number of nitrogens with one attached hydrogen (secondary N) is 1. The molecule has 0 radical (unpaired) electrons. The van der Waals surface area contributed by atoms with E-state index in [2.05, 4.69) is 10.5 Å². The molecule has 0 atom stereocenters. The summed E-state index contributed by atoms with van der Waals surface area (Å²) < 4.78 is 13.1. The van der Waals surface area contributed by atoms with Crippen molar-refractivity contribution in [3.8, 4) is 5.75 Å². The maximum Gasteiger partial charge on any atom is 0.273 e. The summed E-state index contributed by atoms with van der Waals surface area (Å²) in [5, 5.41) is 6.01. The van der Waals surface area contributed by atoms with Crippen LogP contribution in [0, 0.1) is 0 Å². The number of ether oxygens (including phenoxy) is 1. The molecule has 2 heterocycles. The third-order valence-electron chi connectivity index (χ3n) is 4.55. The molecule has 0 aliphatic rings. The van der Waals surface area contributed by atoms with Crippen LogP contribution >= 0.6 is 0 Å². The molecule has 2 aromatic carbocycles. The molecule has 27 heavy (non-hydrogen) atoms. The van der Waals surface area contributed by atoms with Crippen LogP contribution in [-0.4, -0.2) is 23.3 Å². The van der Waals surface area contributed by atoms with Crippen LogP contribution in [0.25, 0.3) is 21.9 Å². The van der Waals surface area contributed by atoms with Crippen LogP contribution in [0.3, 0.4) is 0 Å². The molecule has 0 aliphatic carbocycles. The molecular weight excluding hydrogens is 342 g/mol. The number of hydrogen-bond donors (Lipinski definition) is 1. The van der Waals surface area contributed by atoms with Gasteiger partial charge >= 0.3 is 0 Å². The smallest absolute Gasteiger partial charge is 0.273 e. The maximum absolute atomic E-state index is 12.6. The number of carbonyl (C=O) groups excluding carboxylic acids is 1. The van der Waals surface area contributed by atoms with Crippen LogP contribution in [0.15, 0.2) is 64.2 Å². The zero-order valence-electron chi connectivity index (χ0n) is 15.3. The van der Waals surface area contributed by atoms with E-state index in [1.807, 2.05) is 60.1 Å². The summed E-state index contributed by atoms with van der Waals surface area (Å²) in [5.41, 5.74) is 5.42. The van der Waals surface area contributed by atoms with Gasteiger partial charge in [-0.2, -0.15) is 5.10 Å². The minimum Gasteiger partial charge on any atom is -0.493 e. The Balaban J connectivity index is 1.61. The molecule has 1 N–H and O–H groups in total. The van der Waals surface area contributed by atoms with Crippen molar-refractivity contribution in [2.45, 2.75) is 6.92 Å². The second-order valence-corrected chi connectivity index (χ2v) is 6.30. The quantitative estimate of drug-likeness (QED) is 0.440. The number of aromatic nitrogens is 1. The number of amides is 1. The number of hydrogen-bond acceptors (Lipinski definition) is 4. The molecule has 0 saturated carbocycles. The normalized spacial score (nSPS) is 11.9. The van der Waals surface area contributed by atoms with E-state index in [1.165, 1.54) is 0 Å². The topological polar surface area (TPSA) is 68.8 Å². The molecule has 0 fully saturated rings. The number of carbonyl (C=O) groups is 1. The van der Waals surface area contributed by atoms with Crippen molar-refractivity contribution in [2.75, 3.05) is 7.11 Å². The van der Waals surface area contributed by atoms with Crippen molar-refractivity contribution in [1.82, 2.24) is 9.99 Å². The van der Waals surface area contributed by atoms with Crippen molar-refractivity contribution < 1.29 is 13.9 Å². The Kier molecular flexibility index (Phi) is 4.16. The SMILES string of the molecule is COc1cccc2cc(C(C)=NNC(=O)c3cn(C)c4ccccc34)oc12. The molecule has 6 nitrogen and oxygen atoms in total. The standard InChI is InChI=1S/C21H19N3O3/c1-13(19-11-14-7-6-10-18(26-3)20(14)27-19)22-23-21(25)16-12-24(2)17-9-5-4-8-15(16)17/h4-12H,1-3H3,(H,23,25). The lowest BCUT2D eigenvalue weighted by atomic mass is 10.2. The van der Waals surface area contributed by atoms with E-state index in [-0.39, 0.29) is 5.91 Å². The van der Waals surface area contributed by atoms with E-state index in [0.717, 1.165) is 16.3 Å². The van der Waals surface area contributed by atoms with Gasteiger partial charge in [0.1, 0.15) is 5.71 Å². The largest absolute Gasteiger partial charge is 0.493 e. The van der Waals surface area contributed by atoms with Gasteiger partial charge < -0.3 is 13.7 Å². The molecule has 0 unspecified atom stereocenters. The summed E-state index contributed by atoms with van der Waals surface area (Å²) in [7, 11) is 3.51. The van der Waals surface area contributed by atoms with Gasteiger partial charge in [-0.3, -0.25) is 4.79 Å². The van der Waals surface area contributed by atoms with Gasteiger partial charge in [-0.05, 0) is 25.1 Å². The monoisotopic (exact) mass is 361 g/mol. The highest BCUT2D eigenvalue weighted by Gasteiger charge is 2.14. The van der Waals surface area contributed by atoms with Gasteiger partial charge in [0.05, 0.1) is 12.7 Å². The number of benzene rings is 2. The first-order valence-electron chi connectivity index (χ1n) is 8.54. The molecule has 4 aromatic rings. The van der Waals surface area contributed by atoms with Gasteiger partial charge in [-0.1, -0.05) is 30.3 Å². The van der Waals surface area contributed by atoms with E-state index in [0.29, 0.717) is 28.4 Å². The third kappa shape index (κ3) is 2.95. The fraction of sp³-hybridized carbons (Fsp3) is 0.143. The molecule has 6 heteroatoms. The molecule has 136 valence electrons. The predicted molar refractivity (Wildman–Crippen MR) is 105 cm³/mol. The van der Waals surface area contributed by atoms with Crippen LogP contribution < -0.4 is 10.2 Å². The molecule has 0 bridgehead atoms. The van der Waals surface area contributed by atoms with E-state index in [1.54, 1.807) is 20.2 Å². The van der Waals surface area contributed by atoms with E-state index >= 15 is 0 Å². The number of fused-ring (bicyclic) bond motifs is 2. The summed E-state index contributed by atoms with van der Waals surface area (Å²) >= 11 is 0. The Morgan fingerprint density at radius 3 is 2.81 bits per heavy atom. The highest BCUT2D eigenvalue weighted by molar-refractivity contribution is 6.08. The van der Waals surface area contributed by atoms with Gasteiger partial charge in [0.25, 0.3) is 5.91 Å². The van der Waals surface area contributed by atoms with Crippen LogP contribution in [0.1, 0.15) is 23.0 Å². The zero-order valence-corrected chi connectivity index (χ0v) is 15.3. The number of nitrogens with zero attached hydrogens (tertiary/aromatic N) is 2. The Bertz CT molecular complexity index is 1180. The number of aryl methyl sites for hydroxylation is 1. The molecule has 2 aromatic heterocycles. The van der Waals surface area contributed by atoms with Crippen LogP contribution in [0.5, 0.6) is 5.75 Å². The molecule has 4 rings (SSSR count). The first-order valence-corrected chi connectivity index (χ1v) is 8.54. The Hall–Kier alpha value is -3.54. The average molecular weight is 361 g/mol. The van der Waals surface area contributed by atoms with Crippen LogP contribution in [-0.2, 0) is 7.05 Å². The van der Waals surface area contributed by atoms with E-state index in [9.17, 15) is 4.79 Å². The highest BCUT2D eigenvalue weighted by Crippen LogP contribution is 2.28. The number of furan rings is 1. The van der Waals surface area contributed by atoms with E-state index < -0.39 is 0 Å². The lowest BCUT2D eigenvalue weighted by Gasteiger charge is -2.00. The van der Waals surface area contributed by atoms with Gasteiger partial charge in [0.15, 0.2) is 17.1 Å². The molecule has 1 amide bonds. The average Bonchev–Trinajstić information content (AvgIpc) is 3.27. The molecular formula is C21H19N3O3. The van der Waals surface area contributed by atoms with Gasteiger partial charge in [-0.25, -0.2) is 5.43 Å². The van der Waals surface area contributed by atoms with Crippen molar-refractivity contribution in [3.05, 3.63) is 66.1 Å². The van der Waals surface area contributed by atoms with Gasteiger partial charge in [0, 0.05) is 29.5 Å². The second-order valence-electron chi connectivity index (χ2n) is 6.30. The first-order chi connectivity index (χ1) is 13.1. The minimum absolute atomic E-state index is 0.264. The number of methoxy groups -OCH3 is 1. The van der Waals surface area contributed by atoms with Crippen molar-refractivity contribution in [1.29, 1.82) is 0 Å². The minimum atomic E-state index is -0.264. The fourth-order valence-electron chi connectivity index (χ4n) is 3.15. The summed E-state index contributed by atoms with van der Waals surface area (Å²) in [6, 6.07) is 15.3. The predicted octanol–water partition coefficient (Wildman–Crippen LogP) is 4.09. The Morgan fingerprint density at radius 1 is 1.19 bits per heavy atom. The molecule has 0 spiro atoms. The van der Waals surface area contributed by atoms with Crippen molar-refractivity contribution in [2.24, 2.45) is 12.1 Å². The summed E-state index contributed by atoms with van der Waals surface area (Å²) in [6.45, 7) is 1.79. The molecule has 0 aliphatic heterocycles. The van der Waals surface area contributed by atoms with Crippen LogP contribution in [0.2, 0.25) is 0 Å². The lowest BCUT2D eigenvalue weighted by molar-refractivity contribution is 0.0956. The van der Waals surface area contributed by atoms with Crippen molar-refractivity contribution >= 4 is 33.5 Å². The van der Waals surface area contributed by atoms with Crippen LogP contribution in [0.4, 0.5) is 0 Å². The van der Waals surface area contributed by atoms with Crippen molar-refractivity contribution in [3.63, 3.8) is 0 Å². The second kappa shape index (κ2) is 6.64. The first kappa shape index (κ1) is 16.9. The Labute approximate surface area is 156 Å². The third-order valence-corrected chi connectivity index (χ3v) is 4.55. The summed E-state index contributed by atoms with van der Waals surface area (Å²) in [5.74, 6) is 0.971. The highest BCUT2D eigenvalue weighted by atomic mass is 16.5. The molecule has 0 saturated heterocycles. The van der Waals surface area contributed by atoms with E-state index in [4.69, 9.17) is 9.15 Å². The summed E-state index contributed by atoms with van der Waals surface area (Å²) in [6.07, 6.45) is 1.80.